The van der Waals surface area contributed by atoms with Crippen molar-refractivity contribution in [3.05, 3.63) is 93.4 Å². The minimum atomic E-state index is -0.455. The predicted molar refractivity (Wildman–Crippen MR) is 106 cm³/mol. The molecular weight excluding hydrogens is 375 g/mol. The molecule has 1 atom stereocenters. The normalized spacial score (nSPS) is 14.0. The minimum Gasteiger partial charge on any atom is -0.351 e. The Balaban J connectivity index is 1.55. The average molecular weight is 394 g/mol. The smallest absolute Gasteiger partial charge is 0.255 e. The molecule has 0 saturated heterocycles. The number of amides is 2. The van der Waals surface area contributed by atoms with E-state index in [1.54, 1.807) is 34.4 Å². The fourth-order valence-corrected chi connectivity index (χ4v) is 4.11. The van der Waals surface area contributed by atoms with E-state index in [2.05, 4.69) is 5.32 Å². The maximum absolute atomic E-state index is 13.4. The molecule has 4 rings (SSSR count). The maximum Gasteiger partial charge on any atom is 0.255 e. The summed E-state index contributed by atoms with van der Waals surface area (Å²) in [6.07, 6.45) is 0.122. The lowest BCUT2D eigenvalue weighted by Gasteiger charge is -2.28. The number of thiophene rings is 1. The summed E-state index contributed by atoms with van der Waals surface area (Å²) in [5.74, 6) is -0.594. The van der Waals surface area contributed by atoms with Gasteiger partial charge in [-0.25, -0.2) is 4.39 Å². The Morgan fingerprint density at radius 3 is 2.61 bits per heavy atom. The summed E-state index contributed by atoms with van der Waals surface area (Å²) in [5, 5.41) is 4.88. The van der Waals surface area contributed by atoms with Gasteiger partial charge < -0.3 is 10.2 Å². The molecule has 142 valence electrons. The Kier molecular flexibility index (Phi) is 5.21. The third kappa shape index (κ3) is 3.82. The van der Waals surface area contributed by atoms with Gasteiger partial charge in [-0.3, -0.25) is 9.59 Å². The lowest BCUT2D eigenvalue weighted by Crippen LogP contribution is -2.34. The summed E-state index contributed by atoms with van der Waals surface area (Å²) in [5.41, 5.74) is 2.35. The van der Waals surface area contributed by atoms with Gasteiger partial charge in [0.05, 0.1) is 19.0 Å². The molecule has 1 aromatic heterocycles. The van der Waals surface area contributed by atoms with Crippen molar-refractivity contribution in [1.29, 1.82) is 0 Å². The topological polar surface area (TPSA) is 49.4 Å². The van der Waals surface area contributed by atoms with E-state index in [1.165, 1.54) is 12.1 Å². The first-order chi connectivity index (χ1) is 13.6. The summed E-state index contributed by atoms with van der Waals surface area (Å²) in [7, 11) is 0. The second kappa shape index (κ2) is 7.94. The molecule has 28 heavy (non-hydrogen) atoms. The molecule has 0 spiro atoms. The van der Waals surface area contributed by atoms with Crippen molar-refractivity contribution in [2.75, 3.05) is 0 Å². The molecular formula is C22H19FN2O2S. The van der Waals surface area contributed by atoms with Crippen molar-refractivity contribution >= 4 is 23.2 Å². The van der Waals surface area contributed by atoms with E-state index >= 15 is 0 Å². The van der Waals surface area contributed by atoms with Crippen molar-refractivity contribution in [3.63, 3.8) is 0 Å². The number of carbonyl (C=O) groups is 2. The fourth-order valence-electron chi connectivity index (χ4n) is 3.47. The molecule has 0 radical (unpaired) electrons. The van der Waals surface area contributed by atoms with Crippen LogP contribution in [0, 0.1) is 5.82 Å². The Bertz CT molecular complexity index is 986. The monoisotopic (exact) mass is 394 g/mol. The average Bonchev–Trinajstić information content (AvgIpc) is 3.34. The highest BCUT2D eigenvalue weighted by Crippen LogP contribution is 2.33. The second-order valence-electron chi connectivity index (χ2n) is 6.72. The van der Waals surface area contributed by atoms with Gasteiger partial charge in [0.1, 0.15) is 5.82 Å². The van der Waals surface area contributed by atoms with Crippen molar-refractivity contribution in [1.82, 2.24) is 10.2 Å². The number of nitrogens with zero attached hydrogens (tertiary/aromatic N) is 1. The van der Waals surface area contributed by atoms with E-state index in [0.29, 0.717) is 18.7 Å². The zero-order chi connectivity index (χ0) is 19.5. The molecule has 4 nitrogen and oxygen atoms in total. The molecule has 1 N–H and O–H groups in total. The van der Waals surface area contributed by atoms with Crippen LogP contribution < -0.4 is 5.32 Å². The molecule has 0 saturated carbocycles. The molecule has 2 heterocycles. The Morgan fingerprint density at radius 1 is 1.11 bits per heavy atom. The number of hydrogen-bond acceptors (Lipinski definition) is 3. The van der Waals surface area contributed by atoms with Gasteiger partial charge in [0.15, 0.2) is 0 Å². The van der Waals surface area contributed by atoms with Gasteiger partial charge in [0.2, 0.25) is 5.91 Å². The molecule has 2 amide bonds. The second-order valence-corrected chi connectivity index (χ2v) is 7.75. The number of halogens is 1. The van der Waals surface area contributed by atoms with Crippen LogP contribution in [0.5, 0.6) is 0 Å². The van der Waals surface area contributed by atoms with Gasteiger partial charge >= 0.3 is 0 Å². The summed E-state index contributed by atoms with van der Waals surface area (Å²) < 4.78 is 13.4. The molecule has 1 aliphatic rings. The number of benzene rings is 2. The lowest BCUT2D eigenvalue weighted by atomic mass is 10.0. The van der Waals surface area contributed by atoms with Crippen LogP contribution in [0.25, 0.3) is 0 Å². The standard InChI is InChI=1S/C22H19FN2O2S/c23-17-9-7-15(8-10-17)20(12-21(26)24-13-18-5-3-11-28-18)25-14-16-4-1-2-6-19(16)22(25)27/h1-11,20H,12-14H2,(H,24,26). The van der Waals surface area contributed by atoms with Gasteiger partial charge in [-0.15, -0.1) is 11.3 Å². The van der Waals surface area contributed by atoms with Crippen LogP contribution in [-0.2, 0) is 17.9 Å². The maximum atomic E-state index is 13.4. The van der Waals surface area contributed by atoms with Crippen molar-refractivity contribution in [2.45, 2.75) is 25.6 Å². The van der Waals surface area contributed by atoms with Gasteiger partial charge in [-0.1, -0.05) is 36.4 Å². The largest absolute Gasteiger partial charge is 0.351 e. The number of fused-ring (bicyclic) bond motifs is 1. The van der Waals surface area contributed by atoms with E-state index < -0.39 is 6.04 Å². The third-order valence-electron chi connectivity index (χ3n) is 4.90. The van der Waals surface area contributed by atoms with Gasteiger partial charge in [0.25, 0.3) is 5.91 Å². The van der Waals surface area contributed by atoms with Crippen LogP contribution in [0.3, 0.4) is 0 Å². The van der Waals surface area contributed by atoms with E-state index in [0.717, 1.165) is 16.0 Å². The van der Waals surface area contributed by atoms with Gasteiger partial charge in [0, 0.05) is 17.0 Å². The lowest BCUT2D eigenvalue weighted by molar-refractivity contribution is -0.122. The molecule has 1 aliphatic heterocycles. The summed E-state index contributed by atoms with van der Waals surface area (Å²) in [4.78, 5) is 28.3. The number of nitrogens with one attached hydrogen (secondary N) is 1. The first kappa shape index (κ1) is 18.4. The minimum absolute atomic E-state index is 0.101. The van der Waals surface area contributed by atoms with Crippen molar-refractivity contribution in [2.24, 2.45) is 0 Å². The summed E-state index contributed by atoms with van der Waals surface area (Å²) >= 11 is 1.58. The molecule has 2 aromatic carbocycles. The summed E-state index contributed by atoms with van der Waals surface area (Å²) in [6.45, 7) is 0.899. The Morgan fingerprint density at radius 2 is 1.89 bits per heavy atom. The fraction of sp³-hybridized carbons (Fsp3) is 0.182. The van der Waals surface area contributed by atoms with Crippen LogP contribution >= 0.6 is 11.3 Å². The highest BCUT2D eigenvalue weighted by atomic mass is 32.1. The molecule has 0 fully saturated rings. The molecule has 0 aliphatic carbocycles. The molecule has 6 heteroatoms. The first-order valence-corrected chi connectivity index (χ1v) is 9.93. The SMILES string of the molecule is O=C(CC(c1ccc(F)cc1)N1Cc2ccccc2C1=O)NCc1cccs1. The third-order valence-corrected chi connectivity index (χ3v) is 5.78. The number of rotatable bonds is 6. The Hall–Kier alpha value is -2.99. The number of carbonyl (C=O) groups excluding carboxylic acids is 2. The first-order valence-electron chi connectivity index (χ1n) is 9.05. The van der Waals surface area contributed by atoms with Crippen LogP contribution in [0.4, 0.5) is 4.39 Å². The van der Waals surface area contributed by atoms with Crippen LogP contribution in [0.2, 0.25) is 0 Å². The van der Waals surface area contributed by atoms with E-state index in [9.17, 15) is 14.0 Å². The predicted octanol–water partition coefficient (Wildman–Crippen LogP) is 4.29. The summed E-state index contributed by atoms with van der Waals surface area (Å²) in [6, 6.07) is 16.9. The van der Waals surface area contributed by atoms with Gasteiger partial charge in [-0.2, -0.15) is 0 Å². The quantitative estimate of drug-likeness (QED) is 0.678. The van der Waals surface area contributed by atoms with Crippen molar-refractivity contribution in [3.8, 4) is 0 Å². The van der Waals surface area contributed by atoms with E-state index in [1.807, 2.05) is 35.7 Å². The van der Waals surface area contributed by atoms with Crippen LogP contribution in [0.15, 0.2) is 66.0 Å². The molecule has 3 aromatic rings. The van der Waals surface area contributed by atoms with Crippen LogP contribution in [-0.4, -0.2) is 16.7 Å². The highest BCUT2D eigenvalue weighted by molar-refractivity contribution is 7.09. The molecule has 1 unspecified atom stereocenters. The zero-order valence-electron chi connectivity index (χ0n) is 15.1. The van der Waals surface area contributed by atoms with E-state index in [-0.39, 0.29) is 24.1 Å². The van der Waals surface area contributed by atoms with Gasteiger partial charge in [-0.05, 0) is 40.8 Å². The Labute approximate surface area is 166 Å². The number of hydrogen-bond donors (Lipinski definition) is 1. The highest BCUT2D eigenvalue weighted by Gasteiger charge is 2.34. The van der Waals surface area contributed by atoms with Crippen LogP contribution in [0.1, 0.15) is 38.8 Å². The zero-order valence-corrected chi connectivity index (χ0v) is 15.9. The van der Waals surface area contributed by atoms with E-state index in [4.69, 9.17) is 0 Å². The molecule has 0 bridgehead atoms. The van der Waals surface area contributed by atoms with Crippen molar-refractivity contribution < 1.29 is 14.0 Å².